The molecular formula is C20H32N4O4S. The minimum atomic E-state index is -3.54. The second kappa shape index (κ2) is 10.2. The Hall–Kier alpha value is -1.97. The summed E-state index contributed by atoms with van der Waals surface area (Å²) in [7, 11) is -1.94. The summed E-state index contributed by atoms with van der Waals surface area (Å²) >= 11 is 0. The molecule has 2 rings (SSSR count). The van der Waals surface area contributed by atoms with E-state index in [2.05, 4.69) is 5.32 Å². The number of carbonyl (C=O) groups excluding carboxylic acids is 2. The van der Waals surface area contributed by atoms with Crippen LogP contribution < -0.4 is 5.32 Å². The zero-order valence-corrected chi connectivity index (χ0v) is 18.6. The third kappa shape index (κ3) is 6.25. The van der Waals surface area contributed by atoms with E-state index in [-0.39, 0.29) is 24.9 Å². The molecule has 8 nitrogen and oxygen atoms in total. The summed E-state index contributed by atoms with van der Waals surface area (Å²) in [5.74, 6) is -0.325. The lowest BCUT2D eigenvalue weighted by Crippen LogP contribution is -2.51. The van der Waals surface area contributed by atoms with Crippen LogP contribution in [0.5, 0.6) is 0 Å². The minimum absolute atomic E-state index is 0.0277. The summed E-state index contributed by atoms with van der Waals surface area (Å²) in [5, 5.41) is 2.75. The van der Waals surface area contributed by atoms with Crippen LogP contribution >= 0.6 is 0 Å². The molecule has 1 saturated heterocycles. The monoisotopic (exact) mass is 424 g/mol. The van der Waals surface area contributed by atoms with Crippen LogP contribution in [-0.4, -0.2) is 87.2 Å². The molecule has 1 aromatic rings. The first-order valence-corrected chi connectivity index (χ1v) is 11.4. The zero-order valence-electron chi connectivity index (χ0n) is 17.8. The number of sulfonamides is 1. The van der Waals surface area contributed by atoms with Gasteiger partial charge in [-0.25, -0.2) is 8.42 Å². The molecular weight excluding hydrogens is 392 g/mol. The molecule has 162 valence electrons. The molecule has 1 aliphatic rings. The van der Waals surface area contributed by atoms with Gasteiger partial charge in [0.15, 0.2) is 0 Å². The van der Waals surface area contributed by atoms with Gasteiger partial charge in [-0.15, -0.1) is 0 Å². The van der Waals surface area contributed by atoms with Gasteiger partial charge in [0, 0.05) is 39.8 Å². The highest BCUT2D eigenvalue weighted by molar-refractivity contribution is 7.89. The van der Waals surface area contributed by atoms with Gasteiger partial charge in [-0.3, -0.25) is 14.5 Å². The van der Waals surface area contributed by atoms with Crippen LogP contribution in [0.4, 0.5) is 0 Å². The highest BCUT2D eigenvalue weighted by Gasteiger charge is 2.30. The van der Waals surface area contributed by atoms with Crippen molar-refractivity contribution in [1.29, 1.82) is 0 Å². The summed E-state index contributed by atoms with van der Waals surface area (Å²) in [4.78, 5) is 27.8. The van der Waals surface area contributed by atoms with Crippen molar-refractivity contribution in [3.8, 4) is 0 Å². The molecule has 0 aromatic heterocycles. The molecule has 0 unspecified atom stereocenters. The summed E-state index contributed by atoms with van der Waals surface area (Å²) in [6.45, 7) is 8.14. The molecule has 1 aromatic carbocycles. The normalized spacial score (nSPS) is 15.9. The van der Waals surface area contributed by atoms with Crippen molar-refractivity contribution in [2.24, 2.45) is 0 Å². The van der Waals surface area contributed by atoms with Gasteiger partial charge >= 0.3 is 0 Å². The van der Waals surface area contributed by atoms with Crippen molar-refractivity contribution >= 4 is 21.8 Å². The standard InChI is InChI=1S/C20H32N4O4S/c1-5-8-21-19(25)14-22(4)20(26)15-23-9-11-24(12-10-23)29(27,28)18-7-6-16(2)13-17(18)3/h6-7,13H,5,8-12,14-15H2,1-4H3,(H,21,25). The second-order valence-electron chi connectivity index (χ2n) is 7.55. The summed E-state index contributed by atoms with van der Waals surface area (Å²) in [5.41, 5.74) is 1.77. The Labute approximate surface area is 173 Å². The van der Waals surface area contributed by atoms with Crippen LogP contribution in [0.3, 0.4) is 0 Å². The highest BCUT2D eigenvalue weighted by Crippen LogP contribution is 2.22. The molecule has 0 saturated carbocycles. The number of nitrogens with zero attached hydrogens (tertiary/aromatic N) is 3. The van der Waals surface area contributed by atoms with E-state index in [9.17, 15) is 18.0 Å². The van der Waals surface area contributed by atoms with Gasteiger partial charge in [-0.1, -0.05) is 24.6 Å². The lowest BCUT2D eigenvalue weighted by atomic mass is 10.2. The third-order valence-electron chi connectivity index (χ3n) is 5.02. The first kappa shape index (κ1) is 23.3. The van der Waals surface area contributed by atoms with E-state index in [0.29, 0.717) is 37.6 Å². The number of rotatable bonds is 8. The van der Waals surface area contributed by atoms with Crippen LogP contribution in [0.1, 0.15) is 24.5 Å². The Kier molecular flexibility index (Phi) is 8.18. The van der Waals surface area contributed by atoms with Crippen LogP contribution in [0.15, 0.2) is 23.1 Å². The first-order valence-electron chi connectivity index (χ1n) is 9.95. The molecule has 1 heterocycles. The van der Waals surface area contributed by atoms with Crippen LogP contribution in [-0.2, 0) is 19.6 Å². The molecule has 0 bridgehead atoms. The number of carbonyl (C=O) groups is 2. The predicted molar refractivity (Wildman–Crippen MR) is 112 cm³/mol. The van der Waals surface area contributed by atoms with Gasteiger partial charge in [0.2, 0.25) is 21.8 Å². The van der Waals surface area contributed by atoms with E-state index in [0.717, 1.165) is 17.5 Å². The Morgan fingerprint density at radius 3 is 2.38 bits per heavy atom. The number of benzene rings is 1. The van der Waals surface area contributed by atoms with Crippen LogP contribution in [0.2, 0.25) is 0 Å². The molecule has 0 spiro atoms. The lowest BCUT2D eigenvalue weighted by Gasteiger charge is -2.34. The number of hydrogen-bond donors (Lipinski definition) is 1. The minimum Gasteiger partial charge on any atom is -0.355 e. The van der Waals surface area contributed by atoms with Gasteiger partial charge in [0.05, 0.1) is 18.0 Å². The maximum Gasteiger partial charge on any atom is 0.243 e. The topological polar surface area (TPSA) is 90.0 Å². The molecule has 0 aliphatic carbocycles. The van der Waals surface area contributed by atoms with Gasteiger partial charge in [0.1, 0.15) is 0 Å². The molecule has 1 fully saturated rings. The average Bonchev–Trinajstić information content (AvgIpc) is 2.66. The second-order valence-corrected chi connectivity index (χ2v) is 9.46. The van der Waals surface area contributed by atoms with Gasteiger partial charge in [0.25, 0.3) is 0 Å². The van der Waals surface area contributed by atoms with Crippen molar-refractivity contribution in [3.63, 3.8) is 0 Å². The number of aryl methyl sites for hydroxylation is 2. The van der Waals surface area contributed by atoms with Crippen molar-refractivity contribution in [2.75, 3.05) is 52.9 Å². The third-order valence-corrected chi connectivity index (χ3v) is 7.08. The SMILES string of the molecule is CCCNC(=O)CN(C)C(=O)CN1CCN(S(=O)(=O)c2ccc(C)cc2C)CC1. The van der Waals surface area contributed by atoms with Crippen molar-refractivity contribution < 1.29 is 18.0 Å². The van der Waals surface area contributed by atoms with Crippen molar-refractivity contribution in [3.05, 3.63) is 29.3 Å². The van der Waals surface area contributed by atoms with Gasteiger partial charge < -0.3 is 10.2 Å². The molecule has 1 N–H and O–H groups in total. The number of nitrogens with one attached hydrogen (secondary N) is 1. The lowest BCUT2D eigenvalue weighted by molar-refractivity contribution is -0.135. The van der Waals surface area contributed by atoms with Crippen molar-refractivity contribution in [2.45, 2.75) is 32.1 Å². The number of hydrogen-bond acceptors (Lipinski definition) is 5. The molecule has 29 heavy (non-hydrogen) atoms. The van der Waals surface area contributed by atoms with E-state index in [1.807, 2.05) is 24.8 Å². The van der Waals surface area contributed by atoms with Gasteiger partial charge in [-0.2, -0.15) is 4.31 Å². The first-order chi connectivity index (χ1) is 13.6. The number of amides is 2. The fraction of sp³-hybridized carbons (Fsp3) is 0.600. The van der Waals surface area contributed by atoms with Crippen LogP contribution in [0, 0.1) is 13.8 Å². The zero-order chi connectivity index (χ0) is 21.6. The number of piperazine rings is 1. The molecule has 9 heteroatoms. The quantitative estimate of drug-likeness (QED) is 0.660. The summed E-state index contributed by atoms with van der Waals surface area (Å²) < 4.78 is 27.4. The van der Waals surface area contributed by atoms with E-state index in [1.165, 1.54) is 9.21 Å². The number of likely N-dealkylation sites (N-methyl/N-ethyl adjacent to an activating group) is 1. The Balaban J connectivity index is 1.88. The van der Waals surface area contributed by atoms with E-state index >= 15 is 0 Å². The predicted octanol–water partition coefficient (Wildman–Crippen LogP) is 0.594. The fourth-order valence-corrected chi connectivity index (χ4v) is 4.92. The molecule has 1 aliphatic heterocycles. The summed E-state index contributed by atoms with van der Waals surface area (Å²) in [6.07, 6.45) is 0.846. The molecule has 0 radical (unpaired) electrons. The Bertz CT molecular complexity index is 833. The maximum absolute atomic E-state index is 13.0. The largest absolute Gasteiger partial charge is 0.355 e. The van der Waals surface area contributed by atoms with E-state index < -0.39 is 10.0 Å². The van der Waals surface area contributed by atoms with E-state index in [4.69, 9.17) is 0 Å². The highest BCUT2D eigenvalue weighted by atomic mass is 32.2. The fourth-order valence-electron chi connectivity index (χ4n) is 3.29. The Morgan fingerprint density at radius 2 is 1.79 bits per heavy atom. The maximum atomic E-state index is 13.0. The van der Waals surface area contributed by atoms with Crippen molar-refractivity contribution in [1.82, 2.24) is 19.4 Å². The smallest absolute Gasteiger partial charge is 0.243 e. The average molecular weight is 425 g/mol. The molecule has 2 amide bonds. The summed E-state index contributed by atoms with van der Waals surface area (Å²) in [6, 6.07) is 5.34. The van der Waals surface area contributed by atoms with E-state index in [1.54, 1.807) is 26.1 Å². The molecule has 0 atom stereocenters. The Morgan fingerprint density at radius 1 is 1.14 bits per heavy atom. The van der Waals surface area contributed by atoms with Crippen LogP contribution in [0.25, 0.3) is 0 Å². The van der Waals surface area contributed by atoms with Gasteiger partial charge in [-0.05, 0) is 31.9 Å².